The van der Waals surface area contributed by atoms with E-state index in [9.17, 15) is 4.79 Å². The maximum absolute atomic E-state index is 11.0. The van der Waals surface area contributed by atoms with Gasteiger partial charge in [0.25, 0.3) is 0 Å². The number of hydrogen-bond donors (Lipinski definition) is 0. The monoisotopic (exact) mass is 140 g/mol. The quantitative estimate of drug-likeness (QED) is 0.501. The molecule has 0 aromatic heterocycles. The van der Waals surface area contributed by atoms with Crippen LogP contribution in [0.4, 0.5) is 0 Å². The SMILES string of the molecule is [2H]C1CCCN(C(=O)C=C)C1. The number of hydrogen-bond acceptors (Lipinski definition) is 1. The summed E-state index contributed by atoms with van der Waals surface area (Å²) in [5, 5.41) is 0. The van der Waals surface area contributed by atoms with Gasteiger partial charge in [-0.15, -0.1) is 0 Å². The lowest BCUT2D eigenvalue weighted by Gasteiger charge is -2.25. The van der Waals surface area contributed by atoms with Crippen LogP contribution in [0.2, 0.25) is 0 Å². The minimum absolute atomic E-state index is 0.0399. The van der Waals surface area contributed by atoms with Crippen LogP contribution in [0.25, 0.3) is 0 Å². The Morgan fingerprint density at radius 3 is 3.00 bits per heavy atom. The molecule has 0 N–H and O–H groups in total. The van der Waals surface area contributed by atoms with Crippen molar-refractivity contribution in [1.29, 1.82) is 0 Å². The third kappa shape index (κ3) is 1.59. The van der Waals surface area contributed by atoms with Crippen molar-refractivity contribution in [2.75, 3.05) is 13.1 Å². The van der Waals surface area contributed by atoms with E-state index in [1.807, 2.05) is 0 Å². The standard InChI is InChI=1S/C8H13NO/c1-2-8(10)9-6-4-3-5-7-9/h2H,1,3-7H2/i4D. The molecule has 0 saturated carbocycles. The molecule has 2 nitrogen and oxygen atoms in total. The van der Waals surface area contributed by atoms with Crippen LogP contribution in [0.1, 0.15) is 20.6 Å². The molecule has 1 rings (SSSR count). The molecule has 0 aromatic carbocycles. The molecule has 1 fully saturated rings. The zero-order valence-corrected chi connectivity index (χ0v) is 6.05. The topological polar surface area (TPSA) is 20.3 Å². The van der Waals surface area contributed by atoms with E-state index in [1.54, 1.807) is 4.90 Å². The minimum atomic E-state index is -0.0901. The Kier molecular flexibility index (Phi) is 2.02. The Morgan fingerprint density at radius 2 is 2.40 bits per heavy atom. The first-order valence-corrected chi connectivity index (χ1v) is 3.57. The summed E-state index contributed by atoms with van der Waals surface area (Å²) in [5.41, 5.74) is 0. The van der Waals surface area contributed by atoms with Crippen LogP contribution >= 0.6 is 0 Å². The van der Waals surface area contributed by atoms with E-state index in [0.717, 1.165) is 19.4 Å². The van der Waals surface area contributed by atoms with Crippen molar-refractivity contribution < 1.29 is 6.17 Å². The Bertz CT molecular complexity index is 169. The lowest BCUT2D eigenvalue weighted by molar-refractivity contribution is -0.126. The molecule has 1 amide bonds. The first-order valence-electron chi connectivity index (χ1n) is 4.15. The van der Waals surface area contributed by atoms with Gasteiger partial charge in [0, 0.05) is 14.5 Å². The molecule has 2 heteroatoms. The summed E-state index contributed by atoms with van der Waals surface area (Å²) < 4.78 is 7.44. The maximum atomic E-state index is 11.0. The molecule has 0 aromatic rings. The van der Waals surface area contributed by atoms with Crippen molar-refractivity contribution in [3.63, 3.8) is 0 Å². The summed E-state index contributed by atoms with van der Waals surface area (Å²) in [4.78, 5) is 12.7. The molecular weight excluding hydrogens is 126 g/mol. The molecule has 0 aliphatic carbocycles. The van der Waals surface area contributed by atoms with Crippen molar-refractivity contribution in [2.45, 2.75) is 19.2 Å². The summed E-state index contributed by atoms with van der Waals surface area (Å²) in [7, 11) is 0. The Hall–Kier alpha value is -0.790. The zero-order chi connectivity index (χ0) is 8.27. The third-order valence-corrected chi connectivity index (χ3v) is 1.67. The molecule has 0 bridgehead atoms. The molecule has 56 valence electrons. The highest BCUT2D eigenvalue weighted by atomic mass is 16.2. The van der Waals surface area contributed by atoms with Gasteiger partial charge >= 0.3 is 0 Å². The fraction of sp³-hybridized carbons (Fsp3) is 0.625. The first-order chi connectivity index (χ1) is 5.24. The van der Waals surface area contributed by atoms with Crippen LogP contribution in [0, 0.1) is 0 Å². The average Bonchev–Trinajstić information content (AvgIpc) is 2.03. The number of likely N-dealkylation sites (tertiary alicyclic amines) is 1. The smallest absolute Gasteiger partial charge is 0.245 e. The van der Waals surface area contributed by atoms with Gasteiger partial charge in [-0.25, -0.2) is 0 Å². The molecule has 1 aliphatic heterocycles. The second-order valence-corrected chi connectivity index (χ2v) is 2.42. The van der Waals surface area contributed by atoms with Gasteiger partial charge in [0.1, 0.15) is 0 Å². The highest BCUT2D eigenvalue weighted by Crippen LogP contribution is 2.08. The van der Waals surface area contributed by atoms with Crippen molar-refractivity contribution in [1.82, 2.24) is 4.90 Å². The van der Waals surface area contributed by atoms with Crippen molar-refractivity contribution in [3.05, 3.63) is 12.7 Å². The number of amides is 1. The average molecular weight is 140 g/mol. The summed E-state index contributed by atoms with van der Waals surface area (Å²) in [6.45, 7) is 4.77. The van der Waals surface area contributed by atoms with E-state index in [4.69, 9.17) is 1.37 Å². The summed E-state index contributed by atoms with van der Waals surface area (Å²) in [6, 6.07) is 0. The van der Waals surface area contributed by atoms with Crippen molar-refractivity contribution in [3.8, 4) is 0 Å². The van der Waals surface area contributed by atoms with E-state index >= 15 is 0 Å². The third-order valence-electron chi connectivity index (χ3n) is 1.67. The van der Waals surface area contributed by atoms with Gasteiger partial charge in [-0.3, -0.25) is 4.79 Å². The second-order valence-electron chi connectivity index (χ2n) is 2.42. The molecular formula is C8H13NO. The molecule has 0 spiro atoms. The zero-order valence-electron chi connectivity index (χ0n) is 7.05. The summed E-state index contributed by atoms with van der Waals surface area (Å²) in [5.74, 6) is -0.0399. The van der Waals surface area contributed by atoms with Crippen LogP contribution in [0.5, 0.6) is 0 Å². The maximum Gasteiger partial charge on any atom is 0.245 e. The molecule has 10 heavy (non-hydrogen) atoms. The van der Waals surface area contributed by atoms with Gasteiger partial charge in [0.2, 0.25) is 5.91 Å². The predicted molar refractivity (Wildman–Crippen MR) is 40.6 cm³/mol. The number of nitrogens with zero attached hydrogens (tertiary/aromatic N) is 1. The van der Waals surface area contributed by atoms with Gasteiger partial charge < -0.3 is 4.90 Å². The van der Waals surface area contributed by atoms with Gasteiger partial charge in [0.05, 0.1) is 0 Å². The number of carbonyl (C=O) groups excluding carboxylic acids is 1. The van der Waals surface area contributed by atoms with Crippen LogP contribution < -0.4 is 0 Å². The number of rotatable bonds is 1. The molecule has 0 radical (unpaired) electrons. The largest absolute Gasteiger partial charge is 0.339 e. The van der Waals surface area contributed by atoms with Crippen molar-refractivity contribution in [2.24, 2.45) is 0 Å². The fourth-order valence-corrected chi connectivity index (χ4v) is 1.09. The highest BCUT2D eigenvalue weighted by Gasteiger charge is 2.12. The van der Waals surface area contributed by atoms with E-state index in [2.05, 4.69) is 6.58 Å². The lowest BCUT2D eigenvalue weighted by Crippen LogP contribution is -2.34. The number of carbonyl (C=O) groups is 1. The Labute approximate surface area is 62.9 Å². The van der Waals surface area contributed by atoms with E-state index in [-0.39, 0.29) is 12.3 Å². The highest BCUT2D eigenvalue weighted by molar-refractivity contribution is 5.86. The molecule has 1 atom stereocenters. The minimum Gasteiger partial charge on any atom is -0.339 e. The number of piperidine rings is 1. The van der Waals surface area contributed by atoms with E-state index < -0.39 is 0 Å². The fourth-order valence-electron chi connectivity index (χ4n) is 1.09. The van der Waals surface area contributed by atoms with E-state index in [0.29, 0.717) is 6.54 Å². The van der Waals surface area contributed by atoms with Crippen LogP contribution in [0.3, 0.4) is 0 Å². The van der Waals surface area contributed by atoms with Crippen LogP contribution in [-0.4, -0.2) is 23.9 Å². The Balaban J connectivity index is 2.45. The van der Waals surface area contributed by atoms with Gasteiger partial charge in [-0.05, 0) is 25.3 Å². The lowest BCUT2D eigenvalue weighted by atomic mass is 10.1. The summed E-state index contributed by atoms with van der Waals surface area (Å²) >= 11 is 0. The first kappa shape index (κ1) is 5.96. The normalized spacial score (nSPS) is 27.4. The van der Waals surface area contributed by atoms with Gasteiger partial charge in [-0.2, -0.15) is 0 Å². The van der Waals surface area contributed by atoms with Gasteiger partial charge in [0.15, 0.2) is 0 Å². The molecule has 1 heterocycles. The Morgan fingerprint density at radius 1 is 1.60 bits per heavy atom. The van der Waals surface area contributed by atoms with Gasteiger partial charge in [-0.1, -0.05) is 6.58 Å². The second kappa shape index (κ2) is 3.40. The van der Waals surface area contributed by atoms with Crippen LogP contribution in [0.15, 0.2) is 12.7 Å². The summed E-state index contributed by atoms with van der Waals surface area (Å²) in [6.07, 6.45) is 3.10. The molecule has 1 saturated heterocycles. The molecule has 1 unspecified atom stereocenters. The predicted octanol–water partition coefficient (Wildman–Crippen LogP) is 1.18. The van der Waals surface area contributed by atoms with E-state index in [1.165, 1.54) is 6.08 Å². The van der Waals surface area contributed by atoms with Crippen molar-refractivity contribution >= 4 is 5.91 Å². The van der Waals surface area contributed by atoms with Crippen LogP contribution in [-0.2, 0) is 4.79 Å². The molecule has 1 aliphatic rings.